The molecule has 0 aromatic carbocycles. The van der Waals surface area contributed by atoms with Gasteiger partial charge in [-0.25, -0.2) is 9.48 Å². The van der Waals surface area contributed by atoms with E-state index in [0.717, 1.165) is 31.4 Å². The Kier molecular flexibility index (Phi) is 4.09. The number of ether oxygens (including phenoxy) is 1. The molecule has 7 heteroatoms. The van der Waals surface area contributed by atoms with Gasteiger partial charge >= 0.3 is 6.09 Å². The fourth-order valence-electron chi connectivity index (χ4n) is 2.36. The predicted octanol–water partition coefficient (Wildman–Crippen LogP) is 1.83. The first-order chi connectivity index (χ1) is 10.3. The van der Waals surface area contributed by atoms with Gasteiger partial charge in [-0.15, -0.1) is 5.10 Å². The van der Waals surface area contributed by atoms with Crippen molar-refractivity contribution in [3.63, 3.8) is 0 Å². The Morgan fingerprint density at radius 2 is 2.29 bits per heavy atom. The first-order valence-corrected chi connectivity index (χ1v) is 7.07. The van der Waals surface area contributed by atoms with E-state index in [1.165, 1.54) is 0 Å². The van der Waals surface area contributed by atoms with Crippen molar-refractivity contribution in [3.05, 3.63) is 36.4 Å². The molecule has 110 valence electrons. The van der Waals surface area contributed by atoms with Gasteiger partial charge in [0.15, 0.2) is 0 Å². The van der Waals surface area contributed by atoms with Gasteiger partial charge in [0, 0.05) is 6.20 Å². The molecule has 0 bridgehead atoms. The van der Waals surface area contributed by atoms with Gasteiger partial charge in [-0.3, -0.25) is 4.98 Å². The number of carbonyl (C=O) groups excluding carboxylic acids is 1. The summed E-state index contributed by atoms with van der Waals surface area (Å²) in [4.78, 5) is 15.7. The molecule has 0 radical (unpaired) electrons. The van der Waals surface area contributed by atoms with Crippen molar-refractivity contribution in [2.45, 2.75) is 38.3 Å². The number of rotatable bonds is 4. The maximum Gasteiger partial charge on any atom is 0.407 e. The smallest absolute Gasteiger partial charge is 0.407 e. The topological polar surface area (TPSA) is 81.9 Å². The van der Waals surface area contributed by atoms with Gasteiger partial charge in [0.2, 0.25) is 0 Å². The summed E-state index contributed by atoms with van der Waals surface area (Å²) in [6, 6.07) is 3.71. The normalized spacial score (nSPS) is 15.0. The third kappa shape index (κ3) is 3.56. The number of alkyl carbamates (subject to hydrolysis) is 1. The third-order valence-corrected chi connectivity index (χ3v) is 3.44. The van der Waals surface area contributed by atoms with Crippen LogP contribution in [0.3, 0.4) is 0 Å². The second kappa shape index (κ2) is 6.34. The van der Waals surface area contributed by atoms with Gasteiger partial charge in [-0.1, -0.05) is 5.21 Å². The summed E-state index contributed by atoms with van der Waals surface area (Å²) in [7, 11) is 0. The minimum Gasteiger partial charge on any atom is -0.446 e. The summed E-state index contributed by atoms with van der Waals surface area (Å²) in [6.45, 7) is 0.297. The van der Waals surface area contributed by atoms with Crippen LogP contribution in [0.25, 0.3) is 5.69 Å². The number of pyridine rings is 1. The van der Waals surface area contributed by atoms with Gasteiger partial charge in [0.05, 0.1) is 24.6 Å². The fraction of sp³-hybridized carbons (Fsp3) is 0.429. The molecule has 21 heavy (non-hydrogen) atoms. The van der Waals surface area contributed by atoms with Gasteiger partial charge < -0.3 is 10.1 Å². The first kappa shape index (κ1) is 13.5. The number of aromatic nitrogens is 4. The molecule has 1 amide bonds. The lowest BCUT2D eigenvalue weighted by atomic mass is 10.3. The Morgan fingerprint density at radius 1 is 1.43 bits per heavy atom. The highest BCUT2D eigenvalue weighted by atomic mass is 16.6. The van der Waals surface area contributed by atoms with Crippen molar-refractivity contribution in [3.8, 4) is 5.69 Å². The van der Waals surface area contributed by atoms with Crippen LogP contribution in [0.1, 0.15) is 31.4 Å². The zero-order valence-corrected chi connectivity index (χ0v) is 11.6. The number of carbonyl (C=O) groups is 1. The van der Waals surface area contributed by atoms with Crippen LogP contribution >= 0.6 is 0 Å². The van der Waals surface area contributed by atoms with E-state index in [4.69, 9.17) is 4.74 Å². The molecule has 2 aromatic heterocycles. The Hall–Kier alpha value is -2.44. The van der Waals surface area contributed by atoms with Gasteiger partial charge in [-0.05, 0) is 37.8 Å². The number of nitrogens with one attached hydrogen (secondary N) is 1. The predicted molar refractivity (Wildman–Crippen MR) is 74.7 cm³/mol. The zero-order chi connectivity index (χ0) is 14.5. The first-order valence-electron chi connectivity index (χ1n) is 7.07. The Balaban J connectivity index is 1.51. The zero-order valence-electron chi connectivity index (χ0n) is 11.6. The third-order valence-electron chi connectivity index (χ3n) is 3.44. The molecule has 0 spiro atoms. The summed E-state index contributed by atoms with van der Waals surface area (Å²) >= 11 is 0. The van der Waals surface area contributed by atoms with Crippen molar-refractivity contribution >= 4 is 6.09 Å². The highest BCUT2D eigenvalue weighted by molar-refractivity contribution is 5.67. The molecular weight excluding hydrogens is 270 g/mol. The maximum atomic E-state index is 11.7. The monoisotopic (exact) mass is 287 g/mol. The van der Waals surface area contributed by atoms with E-state index in [-0.39, 0.29) is 6.10 Å². The van der Waals surface area contributed by atoms with Crippen LogP contribution in [-0.4, -0.2) is 32.2 Å². The molecule has 2 heterocycles. The molecule has 0 aliphatic heterocycles. The molecule has 0 atom stereocenters. The number of hydrogen-bond donors (Lipinski definition) is 1. The maximum absolute atomic E-state index is 11.7. The quantitative estimate of drug-likeness (QED) is 0.927. The largest absolute Gasteiger partial charge is 0.446 e. The van der Waals surface area contributed by atoms with Crippen molar-refractivity contribution in [1.82, 2.24) is 25.3 Å². The SMILES string of the molecule is O=C(NCc1cn(-c2cccnc2)nn1)OC1CCCC1. The van der Waals surface area contributed by atoms with Crippen LogP contribution < -0.4 is 5.32 Å². The number of hydrogen-bond acceptors (Lipinski definition) is 5. The molecule has 1 N–H and O–H groups in total. The van der Waals surface area contributed by atoms with E-state index < -0.39 is 6.09 Å². The minimum absolute atomic E-state index is 0.0658. The van der Waals surface area contributed by atoms with E-state index in [2.05, 4.69) is 20.6 Å². The molecule has 7 nitrogen and oxygen atoms in total. The van der Waals surface area contributed by atoms with Crippen molar-refractivity contribution < 1.29 is 9.53 Å². The Labute approximate surface area is 122 Å². The van der Waals surface area contributed by atoms with Crippen molar-refractivity contribution in [1.29, 1.82) is 0 Å². The van der Waals surface area contributed by atoms with Gasteiger partial charge in [0.1, 0.15) is 11.8 Å². The number of nitrogens with zero attached hydrogens (tertiary/aromatic N) is 4. The average molecular weight is 287 g/mol. The lowest BCUT2D eigenvalue weighted by molar-refractivity contribution is 0.100. The fourth-order valence-corrected chi connectivity index (χ4v) is 2.36. The lowest BCUT2D eigenvalue weighted by Gasteiger charge is -2.11. The molecule has 0 unspecified atom stereocenters. The van der Waals surface area contributed by atoms with E-state index >= 15 is 0 Å². The van der Waals surface area contributed by atoms with Crippen LogP contribution in [0.2, 0.25) is 0 Å². The standard InChI is InChI=1S/C14H17N5O2/c20-14(21-13-5-1-2-6-13)16-8-11-10-19(18-17-11)12-4-3-7-15-9-12/h3-4,7,9-10,13H,1-2,5-6,8H2,(H,16,20). The molecule has 1 fully saturated rings. The average Bonchev–Trinajstić information content (AvgIpc) is 3.17. The summed E-state index contributed by atoms with van der Waals surface area (Å²) in [5, 5.41) is 10.7. The second-order valence-electron chi connectivity index (χ2n) is 5.03. The van der Waals surface area contributed by atoms with Crippen LogP contribution in [0.5, 0.6) is 0 Å². The highest BCUT2D eigenvalue weighted by Crippen LogP contribution is 2.20. The highest BCUT2D eigenvalue weighted by Gasteiger charge is 2.19. The number of amides is 1. The molecule has 0 saturated heterocycles. The van der Waals surface area contributed by atoms with E-state index in [9.17, 15) is 4.79 Å². The minimum atomic E-state index is -0.391. The molecular formula is C14H17N5O2. The Morgan fingerprint density at radius 3 is 3.05 bits per heavy atom. The summed E-state index contributed by atoms with van der Waals surface area (Å²) in [5.41, 5.74) is 1.49. The van der Waals surface area contributed by atoms with Crippen molar-refractivity contribution in [2.75, 3.05) is 0 Å². The lowest BCUT2D eigenvalue weighted by Crippen LogP contribution is -2.27. The molecule has 1 aliphatic rings. The summed E-state index contributed by atoms with van der Waals surface area (Å²) in [5.74, 6) is 0. The van der Waals surface area contributed by atoms with Gasteiger partial charge in [0.25, 0.3) is 0 Å². The summed E-state index contributed by atoms with van der Waals surface area (Å²) < 4.78 is 6.93. The van der Waals surface area contributed by atoms with Crippen LogP contribution in [0.4, 0.5) is 4.79 Å². The van der Waals surface area contributed by atoms with Crippen LogP contribution in [0.15, 0.2) is 30.7 Å². The van der Waals surface area contributed by atoms with Crippen LogP contribution in [0, 0.1) is 0 Å². The molecule has 1 aliphatic carbocycles. The molecule has 2 aromatic rings. The summed E-state index contributed by atoms with van der Waals surface area (Å²) in [6.07, 6.45) is 9.02. The van der Waals surface area contributed by atoms with E-state index in [1.807, 2.05) is 12.1 Å². The van der Waals surface area contributed by atoms with Gasteiger partial charge in [-0.2, -0.15) is 0 Å². The molecule has 3 rings (SSSR count). The Bertz CT molecular complexity index is 592. The molecule has 1 saturated carbocycles. The van der Waals surface area contributed by atoms with E-state index in [1.54, 1.807) is 23.3 Å². The van der Waals surface area contributed by atoms with E-state index in [0.29, 0.717) is 12.2 Å². The van der Waals surface area contributed by atoms with Crippen molar-refractivity contribution in [2.24, 2.45) is 0 Å². The second-order valence-corrected chi connectivity index (χ2v) is 5.03. The van der Waals surface area contributed by atoms with Crippen LogP contribution in [-0.2, 0) is 11.3 Å².